The first kappa shape index (κ1) is 24.4. The lowest BCUT2D eigenvalue weighted by atomic mass is 9.94. The molecule has 1 saturated carbocycles. The molecule has 31 heavy (non-hydrogen) atoms. The number of benzene rings is 1. The minimum Gasteiger partial charge on any atom is -0.355 e. The molecule has 2 aliphatic rings. The lowest BCUT2D eigenvalue weighted by molar-refractivity contribution is 0.107. The van der Waals surface area contributed by atoms with Crippen LogP contribution in [0.5, 0.6) is 0 Å². The monoisotopic (exact) mass is 554 g/mol. The molecule has 0 atom stereocenters. The third kappa shape index (κ3) is 6.38. The molecule has 2 aromatic rings. The Morgan fingerprint density at radius 2 is 1.84 bits per heavy atom. The SMILES string of the molecule is CN=C(NCc1ccccc1Cn1cccn1)NCC1(N2CCSCC2)CCCC1.I. The maximum atomic E-state index is 4.50. The highest BCUT2D eigenvalue weighted by atomic mass is 127. The van der Waals surface area contributed by atoms with Crippen molar-refractivity contribution in [2.24, 2.45) is 4.99 Å². The maximum Gasteiger partial charge on any atom is 0.191 e. The van der Waals surface area contributed by atoms with Crippen molar-refractivity contribution >= 4 is 41.7 Å². The van der Waals surface area contributed by atoms with Crippen molar-refractivity contribution in [1.82, 2.24) is 25.3 Å². The Bertz CT molecular complexity index is 813. The molecule has 2 fully saturated rings. The highest BCUT2D eigenvalue weighted by Crippen LogP contribution is 2.36. The summed E-state index contributed by atoms with van der Waals surface area (Å²) in [5, 5.41) is 11.5. The second-order valence-electron chi connectivity index (χ2n) is 8.28. The topological polar surface area (TPSA) is 57.5 Å². The Morgan fingerprint density at radius 3 is 2.52 bits per heavy atom. The van der Waals surface area contributed by atoms with Crippen LogP contribution in [0.2, 0.25) is 0 Å². The molecule has 0 bridgehead atoms. The van der Waals surface area contributed by atoms with Gasteiger partial charge in [0.2, 0.25) is 0 Å². The second-order valence-corrected chi connectivity index (χ2v) is 9.51. The number of aliphatic imine (C=N–C) groups is 1. The van der Waals surface area contributed by atoms with Crippen molar-refractivity contribution in [2.45, 2.75) is 44.3 Å². The number of hydrogen-bond acceptors (Lipinski definition) is 4. The molecule has 0 spiro atoms. The van der Waals surface area contributed by atoms with Crippen LogP contribution in [0, 0.1) is 0 Å². The van der Waals surface area contributed by atoms with E-state index in [1.807, 2.05) is 30.2 Å². The molecular formula is C23H35IN6S. The summed E-state index contributed by atoms with van der Waals surface area (Å²) >= 11 is 2.09. The molecule has 1 aliphatic carbocycles. The van der Waals surface area contributed by atoms with Gasteiger partial charge in [-0.1, -0.05) is 37.1 Å². The normalized spacial score (nSPS) is 19.1. The molecule has 0 unspecified atom stereocenters. The highest BCUT2D eigenvalue weighted by Gasteiger charge is 2.39. The van der Waals surface area contributed by atoms with Crippen LogP contribution in [0.15, 0.2) is 47.7 Å². The van der Waals surface area contributed by atoms with Gasteiger partial charge in [0.1, 0.15) is 0 Å². The van der Waals surface area contributed by atoms with Crippen molar-refractivity contribution in [1.29, 1.82) is 0 Å². The smallest absolute Gasteiger partial charge is 0.191 e. The molecule has 2 N–H and O–H groups in total. The molecule has 4 rings (SSSR count). The van der Waals surface area contributed by atoms with Crippen LogP contribution < -0.4 is 10.6 Å². The van der Waals surface area contributed by atoms with E-state index in [1.54, 1.807) is 0 Å². The van der Waals surface area contributed by atoms with Crippen LogP contribution in [0.4, 0.5) is 0 Å². The minimum absolute atomic E-state index is 0. The van der Waals surface area contributed by atoms with E-state index in [0.29, 0.717) is 5.54 Å². The van der Waals surface area contributed by atoms with Gasteiger partial charge in [0.25, 0.3) is 0 Å². The van der Waals surface area contributed by atoms with E-state index in [2.05, 4.69) is 61.7 Å². The molecular weight excluding hydrogens is 519 g/mol. The van der Waals surface area contributed by atoms with Crippen LogP contribution in [-0.4, -0.2) is 64.4 Å². The number of halogens is 1. The number of rotatable bonds is 7. The molecule has 1 aromatic carbocycles. The average molecular weight is 555 g/mol. The third-order valence-electron chi connectivity index (χ3n) is 6.48. The Hall–Kier alpha value is -1.26. The van der Waals surface area contributed by atoms with E-state index in [9.17, 15) is 0 Å². The van der Waals surface area contributed by atoms with Crippen molar-refractivity contribution in [2.75, 3.05) is 38.2 Å². The van der Waals surface area contributed by atoms with Crippen molar-refractivity contribution in [3.05, 3.63) is 53.9 Å². The van der Waals surface area contributed by atoms with E-state index >= 15 is 0 Å². The number of guanidine groups is 1. The fraction of sp³-hybridized carbons (Fsp3) is 0.565. The van der Waals surface area contributed by atoms with Crippen LogP contribution in [-0.2, 0) is 13.1 Å². The molecule has 0 radical (unpaired) electrons. The molecule has 6 nitrogen and oxygen atoms in total. The first-order valence-corrected chi connectivity index (χ1v) is 12.3. The van der Waals surface area contributed by atoms with Crippen LogP contribution in [0.25, 0.3) is 0 Å². The van der Waals surface area contributed by atoms with Gasteiger partial charge in [-0.2, -0.15) is 16.9 Å². The van der Waals surface area contributed by atoms with Gasteiger partial charge < -0.3 is 10.6 Å². The summed E-state index contributed by atoms with van der Waals surface area (Å²) in [6.07, 6.45) is 9.12. The van der Waals surface area contributed by atoms with E-state index in [0.717, 1.165) is 25.6 Å². The van der Waals surface area contributed by atoms with Gasteiger partial charge in [0.15, 0.2) is 5.96 Å². The Kier molecular flexibility index (Phi) is 9.52. The van der Waals surface area contributed by atoms with E-state index in [-0.39, 0.29) is 24.0 Å². The number of nitrogens with zero attached hydrogens (tertiary/aromatic N) is 4. The summed E-state index contributed by atoms with van der Waals surface area (Å²) in [5.74, 6) is 3.42. The van der Waals surface area contributed by atoms with E-state index < -0.39 is 0 Å². The lowest BCUT2D eigenvalue weighted by Crippen LogP contribution is -2.57. The van der Waals surface area contributed by atoms with E-state index in [4.69, 9.17) is 0 Å². The molecule has 2 heterocycles. The molecule has 1 aromatic heterocycles. The fourth-order valence-electron chi connectivity index (χ4n) is 4.78. The van der Waals surface area contributed by atoms with Gasteiger partial charge >= 0.3 is 0 Å². The summed E-state index contributed by atoms with van der Waals surface area (Å²) in [4.78, 5) is 7.25. The lowest BCUT2D eigenvalue weighted by Gasteiger charge is -2.43. The van der Waals surface area contributed by atoms with Crippen molar-refractivity contribution < 1.29 is 0 Å². The average Bonchev–Trinajstić information content (AvgIpc) is 3.48. The summed E-state index contributed by atoms with van der Waals surface area (Å²) in [6, 6.07) is 10.5. The second kappa shape index (κ2) is 12.1. The predicted molar refractivity (Wildman–Crippen MR) is 141 cm³/mol. The summed E-state index contributed by atoms with van der Waals surface area (Å²) in [7, 11) is 1.86. The number of thioether (sulfide) groups is 1. The van der Waals surface area contributed by atoms with Gasteiger partial charge in [0, 0.05) is 62.7 Å². The van der Waals surface area contributed by atoms with Crippen molar-refractivity contribution in [3.63, 3.8) is 0 Å². The first-order valence-electron chi connectivity index (χ1n) is 11.1. The van der Waals surface area contributed by atoms with Crippen LogP contribution >= 0.6 is 35.7 Å². The molecule has 1 saturated heterocycles. The Morgan fingerprint density at radius 1 is 1.10 bits per heavy atom. The molecule has 0 amide bonds. The van der Waals surface area contributed by atoms with Gasteiger partial charge in [-0.3, -0.25) is 14.6 Å². The summed E-state index contributed by atoms with van der Waals surface area (Å²) < 4.78 is 1.96. The van der Waals surface area contributed by atoms with Crippen LogP contribution in [0.3, 0.4) is 0 Å². The van der Waals surface area contributed by atoms with Crippen LogP contribution in [0.1, 0.15) is 36.8 Å². The van der Waals surface area contributed by atoms with Gasteiger partial charge in [0.05, 0.1) is 6.54 Å². The number of aromatic nitrogens is 2. The van der Waals surface area contributed by atoms with Gasteiger partial charge in [-0.25, -0.2) is 0 Å². The quantitative estimate of drug-likeness (QED) is 0.312. The largest absolute Gasteiger partial charge is 0.355 e. The predicted octanol–water partition coefficient (Wildman–Crippen LogP) is 3.58. The highest BCUT2D eigenvalue weighted by molar-refractivity contribution is 14.0. The Labute approximate surface area is 207 Å². The van der Waals surface area contributed by atoms with Gasteiger partial charge in [-0.05, 0) is 30.0 Å². The van der Waals surface area contributed by atoms with Gasteiger partial charge in [-0.15, -0.1) is 24.0 Å². The molecule has 1 aliphatic heterocycles. The third-order valence-corrected chi connectivity index (χ3v) is 7.42. The minimum atomic E-state index is 0. The van der Waals surface area contributed by atoms with Crippen molar-refractivity contribution in [3.8, 4) is 0 Å². The van der Waals surface area contributed by atoms with E-state index in [1.165, 1.54) is 61.4 Å². The Balaban J connectivity index is 0.00000272. The summed E-state index contributed by atoms with van der Waals surface area (Å²) in [6.45, 7) is 4.96. The standard InChI is InChI=1S/C23H34N6S.HI/c1-24-22(26-19-23(9-4-5-10-23)28-13-15-30-16-14-28)25-17-20-7-2-3-8-21(20)18-29-12-6-11-27-29;/h2-3,6-8,11-12H,4-5,9-10,13-19H2,1H3,(H2,24,25,26);1H. The number of hydrogen-bond donors (Lipinski definition) is 2. The maximum absolute atomic E-state index is 4.50. The molecule has 170 valence electrons. The fourth-order valence-corrected chi connectivity index (χ4v) is 5.68. The molecule has 8 heteroatoms. The number of nitrogens with one attached hydrogen (secondary N) is 2. The zero-order valence-corrected chi connectivity index (χ0v) is 21.6. The zero-order valence-electron chi connectivity index (χ0n) is 18.4. The first-order chi connectivity index (χ1) is 14.8. The zero-order chi connectivity index (χ0) is 20.7. The summed E-state index contributed by atoms with van der Waals surface area (Å²) in [5.41, 5.74) is 2.86.